The first-order valence-electron chi connectivity index (χ1n) is 11.1. The predicted molar refractivity (Wildman–Crippen MR) is 130 cm³/mol. The quantitative estimate of drug-likeness (QED) is 0.374. The van der Waals surface area contributed by atoms with Crippen molar-refractivity contribution >= 4 is 28.4 Å². The maximum Gasteiger partial charge on any atom is 0.231 e. The third-order valence-electron chi connectivity index (χ3n) is 6.10. The molecular weight excluding hydrogens is 436 g/mol. The summed E-state index contributed by atoms with van der Waals surface area (Å²) < 4.78 is 13.0. The highest BCUT2D eigenvalue weighted by atomic mass is 35.5. The van der Waals surface area contributed by atoms with Gasteiger partial charge in [0.25, 0.3) is 0 Å². The Labute approximate surface area is 197 Å². The number of carbonyl (C=O) groups excluding carboxylic acids is 1. The van der Waals surface area contributed by atoms with Crippen LogP contribution in [0.2, 0.25) is 5.02 Å². The molecule has 0 bridgehead atoms. The van der Waals surface area contributed by atoms with Crippen LogP contribution in [0.15, 0.2) is 72.9 Å². The van der Waals surface area contributed by atoms with E-state index in [0.717, 1.165) is 34.4 Å². The largest absolute Gasteiger partial charge is 0.454 e. The summed E-state index contributed by atoms with van der Waals surface area (Å²) in [4.78, 5) is 13.1. The third kappa shape index (κ3) is 4.41. The van der Waals surface area contributed by atoms with Crippen molar-refractivity contribution in [3.05, 3.63) is 94.6 Å². The van der Waals surface area contributed by atoms with Gasteiger partial charge in [-0.3, -0.25) is 4.79 Å². The lowest BCUT2D eigenvalue weighted by molar-refractivity contribution is -0.121. The molecule has 4 aromatic rings. The van der Waals surface area contributed by atoms with Crippen molar-refractivity contribution in [2.45, 2.75) is 32.4 Å². The number of aromatic nitrogens is 1. The highest BCUT2D eigenvalue weighted by Gasteiger charge is 2.23. The van der Waals surface area contributed by atoms with Crippen LogP contribution in [0.3, 0.4) is 0 Å². The smallest absolute Gasteiger partial charge is 0.231 e. The van der Waals surface area contributed by atoms with Crippen LogP contribution in [0.4, 0.5) is 0 Å². The van der Waals surface area contributed by atoms with Gasteiger partial charge in [0.2, 0.25) is 12.7 Å². The maximum absolute atomic E-state index is 13.1. The molecule has 1 aromatic heterocycles. The van der Waals surface area contributed by atoms with E-state index < -0.39 is 0 Å². The topological polar surface area (TPSA) is 52.5 Å². The van der Waals surface area contributed by atoms with E-state index in [1.165, 1.54) is 5.52 Å². The van der Waals surface area contributed by atoms with Crippen LogP contribution in [0.1, 0.15) is 36.0 Å². The summed E-state index contributed by atoms with van der Waals surface area (Å²) in [6.45, 7) is 3.65. The summed E-state index contributed by atoms with van der Waals surface area (Å²) in [6.07, 6.45) is 2.49. The van der Waals surface area contributed by atoms with Gasteiger partial charge in [0.15, 0.2) is 11.5 Å². The number of hydrogen-bond donors (Lipinski definition) is 1. The van der Waals surface area contributed by atoms with Crippen molar-refractivity contribution < 1.29 is 14.3 Å². The van der Waals surface area contributed by atoms with Crippen molar-refractivity contribution in [1.82, 2.24) is 9.88 Å². The first-order valence-corrected chi connectivity index (χ1v) is 11.5. The van der Waals surface area contributed by atoms with Gasteiger partial charge in [-0.25, -0.2) is 0 Å². The van der Waals surface area contributed by atoms with E-state index in [0.29, 0.717) is 23.7 Å². The Balaban J connectivity index is 1.41. The normalized spacial score (nSPS) is 13.3. The summed E-state index contributed by atoms with van der Waals surface area (Å²) in [5, 5.41) is 4.89. The number of halogens is 1. The average molecular weight is 461 g/mol. The van der Waals surface area contributed by atoms with Crippen LogP contribution in [-0.2, 0) is 17.9 Å². The van der Waals surface area contributed by atoms with Crippen molar-refractivity contribution in [3.8, 4) is 11.5 Å². The molecule has 3 aromatic carbocycles. The van der Waals surface area contributed by atoms with Crippen LogP contribution in [0.25, 0.3) is 10.9 Å². The number of nitrogens with one attached hydrogen (secondary N) is 1. The summed E-state index contributed by atoms with van der Waals surface area (Å²) in [6, 6.07) is 21.9. The number of aryl methyl sites for hydroxylation is 1. The molecule has 5 nitrogen and oxygen atoms in total. The van der Waals surface area contributed by atoms with Crippen molar-refractivity contribution in [3.63, 3.8) is 0 Å². The molecule has 5 rings (SSSR count). The van der Waals surface area contributed by atoms with Gasteiger partial charge in [0, 0.05) is 47.6 Å². The molecule has 0 unspecified atom stereocenters. The van der Waals surface area contributed by atoms with E-state index in [9.17, 15) is 4.79 Å². The first kappa shape index (κ1) is 21.4. The molecule has 6 heteroatoms. The minimum Gasteiger partial charge on any atom is -0.454 e. The maximum atomic E-state index is 13.1. The Bertz CT molecular complexity index is 1310. The van der Waals surface area contributed by atoms with E-state index in [4.69, 9.17) is 21.1 Å². The van der Waals surface area contributed by atoms with Crippen LogP contribution >= 0.6 is 11.6 Å². The molecule has 1 amide bonds. The Morgan fingerprint density at radius 1 is 1.06 bits per heavy atom. The van der Waals surface area contributed by atoms with Crippen molar-refractivity contribution in [1.29, 1.82) is 0 Å². The molecule has 0 radical (unpaired) electrons. The van der Waals surface area contributed by atoms with E-state index in [1.807, 2.05) is 54.6 Å². The SMILES string of the molecule is CCn1cc([C@@H](CC(=O)NCc2ccc3c(c2)OCO3)c2cccc(Cl)c2)c2ccccc21. The predicted octanol–water partition coefficient (Wildman–Crippen LogP) is 5.88. The van der Waals surface area contributed by atoms with Crippen LogP contribution in [-0.4, -0.2) is 17.3 Å². The van der Waals surface area contributed by atoms with Crippen LogP contribution in [0.5, 0.6) is 11.5 Å². The standard InChI is InChI=1S/C27H25ClN2O3/c1-2-30-16-23(21-8-3-4-9-24(21)30)22(19-6-5-7-20(28)13-19)14-27(31)29-15-18-10-11-25-26(12-18)33-17-32-25/h3-13,16,22H,2,14-15,17H2,1H3,(H,29,31)/t22-/m0/s1. The lowest BCUT2D eigenvalue weighted by Crippen LogP contribution is -2.25. The van der Waals surface area contributed by atoms with Gasteiger partial charge in [-0.05, 0) is 53.9 Å². The van der Waals surface area contributed by atoms with Crippen molar-refractivity contribution in [2.24, 2.45) is 0 Å². The second kappa shape index (κ2) is 9.20. The number of rotatable bonds is 7. The number of benzene rings is 3. The molecule has 1 aliphatic rings. The lowest BCUT2D eigenvalue weighted by atomic mass is 9.88. The Morgan fingerprint density at radius 2 is 1.91 bits per heavy atom. The first-order chi connectivity index (χ1) is 16.1. The number of nitrogens with zero attached hydrogens (tertiary/aromatic N) is 1. The molecular formula is C27H25ClN2O3. The summed E-state index contributed by atoms with van der Waals surface area (Å²) in [5.41, 5.74) is 4.30. The molecule has 2 heterocycles. The van der Waals surface area contributed by atoms with E-state index in [1.54, 1.807) is 0 Å². The molecule has 0 spiro atoms. The summed E-state index contributed by atoms with van der Waals surface area (Å²) in [7, 11) is 0. The average Bonchev–Trinajstić information content (AvgIpc) is 3.45. The molecule has 0 fully saturated rings. The van der Waals surface area contributed by atoms with Gasteiger partial charge in [0.05, 0.1) is 0 Å². The summed E-state index contributed by atoms with van der Waals surface area (Å²) >= 11 is 6.32. The molecule has 168 valence electrons. The third-order valence-corrected chi connectivity index (χ3v) is 6.34. The van der Waals surface area contributed by atoms with Gasteiger partial charge < -0.3 is 19.4 Å². The van der Waals surface area contributed by atoms with E-state index in [-0.39, 0.29) is 18.6 Å². The zero-order valence-electron chi connectivity index (χ0n) is 18.4. The molecule has 1 N–H and O–H groups in total. The fourth-order valence-corrected chi connectivity index (χ4v) is 4.65. The number of para-hydroxylation sites is 1. The van der Waals surface area contributed by atoms with Crippen LogP contribution < -0.4 is 14.8 Å². The molecule has 33 heavy (non-hydrogen) atoms. The highest BCUT2D eigenvalue weighted by molar-refractivity contribution is 6.30. The van der Waals surface area contributed by atoms with Crippen LogP contribution in [0, 0.1) is 0 Å². The van der Waals surface area contributed by atoms with E-state index in [2.05, 4.69) is 35.1 Å². The molecule has 0 saturated carbocycles. The Kier molecular flexibility index (Phi) is 5.97. The Morgan fingerprint density at radius 3 is 2.76 bits per heavy atom. The number of carbonyl (C=O) groups is 1. The second-order valence-electron chi connectivity index (χ2n) is 8.16. The van der Waals surface area contributed by atoms with Gasteiger partial charge in [-0.1, -0.05) is 48.0 Å². The number of fused-ring (bicyclic) bond motifs is 2. The fourth-order valence-electron chi connectivity index (χ4n) is 4.45. The number of hydrogen-bond acceptors (Lipinski definition) is 3. The number of ether oxygens (including phenoxy) is 2. The van der Waals surface area contributed by atoms with Gasteiger partial charge >= 0.3 is 0 Å². The molecule has 1 atom stereocenters. The molecule has 1 aliphatic heterocycles. The monoisotopic (exact) mass is 460 g/mol. The minimum atomic E-state index is -0.113. The zero-order chi connectivity index (χ0) is 22.8. The summed E-state index contributed by atoms with van der Waals surface area (Å²) in [5.74, 6) is 1.31. The van der Waals surface area contributed by atoms with Gasteiger partial charge in [0.1, 0.15) is 0 Å². The highest BCUT2D eigenvalue weighted by Crippen LogP contribution is 2.36. The number of amides is 1. The fraction of sp³-hybridized carbons (Fsp3) is 0.222. The molecule has 0 aliphatic carbocycles. The van der Waals surface area contributed by atoms with Crippen molar-refractivity contribution in [2.75, 3.05) is 6.79 Å². The second-order valence-corrected chi connectivity index (χ2v) is 8.60. The lowest BCUT2D eigenvalue weighted by Gasteiger charge is -2.18. The van der Waals surface area contributed by atoms with E-state index >= 15 is 0 Å². The van der Waals surface area contributed by atoms with Gasteiger partial charge in [-0.15, -0.1) is 0 Å². The minimum absolute atomic E-state index is 0.0222. The zero-order valence-corrected chi connectivity index (χ0v) is 19.1. The van der Waals surface area contributed by atoms with Gasteiger partial charge in [-0.2, -0.15) is 0 Å². The Hall–Kier alpha value is -3.44. The molecule has 0 saturated heterocycles.